The van der Waals surface area contributed by atoms with Crippen LogP contribution >= 0.6 is 27.7 Å². The van der Waals surface area contributed by atoms with Gasteiger partial charge < -0.3 is 0 Å². The van der Waals surface area contributed by atoms with Crippen LogP contribution in [0.2, 0.25) is 0 Å². The van der Waals surface area contributed by atoms with E-state index in [0.717, 1.165) is 26.2 Å². The van der Waals surface area contributed by atoms with Gasteiger partial charge >= 0.3 is 0 Å². The average Bonchev–Trinajstić information content (AvgIpc) is 2.88. The van der Waals surface area contributed by atoms with Crippen molar-refractivity contribution in [2.75, 3.05) is 0 Å². The Morgan fingerprint density at radius 3 is 2.66 bits per heavy atom. The summed E-state index contributed by atoms with van der Waals surface area (Å²) in [6.45, 7) is 0. The zero-order valence-electron chi connectivity index (χ0n) is 18.3. The summed E-state index contributed by atoms with van der Waals surface area (Å²) >= 11 is 5.12. The molecule has 0 aliphatic rings. The minimum atomic E-state index is -0.374. The smallest absolute Gasteiger partial charge is 0.267 e. The zero-order chi connectivity index (χ0) is 24.2. The molecule has 3 aromatic carbocycles. The molecule has 0 saturated carbocycles. The molecule has 8 heteroatoms. The number of fused-ring (bicyclic) bond motifs is 1. The average molecular weight is 545 g/mol. The quantitative estimate of drug-likeness (QED) is 0.180. The van der Waals surface area contributed by atoms with Crippen molar-refractivity contribution >= 4 is 44.8 Å². The summed E-state index contributed by atoms with van der Waals surface area (Å²) < 4.78 is 15.7. The van der Waals surface area contributed by atoms with E-state index in [-0.39, 0.29) is 11.4 Å². The van der Waals surface area contributed by atoms with E-state index in [1.54, 1.807) is 48.4 Å². The highest BCUT2D eigenvalue weighted by atomic mass is 79.9. The van der Waals surface area contributed by atoms with Crippen molar-refractivity contribution < 1.29 is 4.39 Å². The molecule has 0 amide bonds. The number of hydrogen-bond donors (Lipinski definition) is 0. The summed E-state index contributed by atoms with van der Waals surface area (Å²) in [6, 6.07) is 23.2. The number of benzene rings is 3. The molecule has 172 valence electrons. The maximum Gasteiger partial charge on any atom is 0.282 e. The second-order valence-corrected chi connectivity index (χ2v) is 9.65. The summed E-state index contributed by atoms with van der Waals surface area (Å²) in [4.78, 5) is 23.4. The first-order chi connectivity index (χ1) is 17.1. The lowest BCUT2D eigenvalue weighted by Gasteiger charge is -2.11. The van der Waals surface area contributed by atoms with E-state index in [0.29, 0.717) is 22.3 Å². The molecule has 0 aliphatic heterocycles. The van der Waals surface area contributed by atoms with Crippen LogP contribution in [0.3, 0.4) is 0 Å². The van der Waals surface area contributed by atoms with Gasteiger partial charge in [0.05, 0.1) is 17.1 Å². The molecule has 5 rings (SSSR count). The predicted octanol–water partition coefficient (Wildman–Crippen LogP) is 6.53. The third kappa shape index (κ3) is 5.39. The van der Waals surface area contributed by atoms with Gasteiger partial charge in [-0.2, -0.15) is 9.78 Å². The molecule has 0 bridgehead atoms. The van der Waals surface area contributed by atoms with Gasteiger partial charge in [0.25, 0.3) is 5.56 Å². The summed E-state index contributed by atoms with van der Waals surface area (Å²) in [6.07, 6.45) is 5.00. The van der Waals surface area contributed by atoms with Gasteiger partial charge in [-0.05, 0) is 59.7 Å². The van der Waals surface area contributed by atoms with Crippen molar-refractivity contribution in [3.63, 3.8) is 0 Å². The normalized spacial score (nSPS) is 11.4. The molecule has 2 aromatic heterocycles. The number of aromatic nitrogens is 3. The van der Waals surface area contributed by atoms with E-state index < -0.39 is 0 Å². The summed E-state index contributed by atoms with van der Waals surface area (Å²) in [5.41, 5.74) is 2.64. The van der Waals surface area contributed by atoms with E-state index in [1.165, 1.54) is 23.0 Å². The number of hydrogen-bond acceptors (Lipinski definition) is 5. The molecule has 5 nitrogen and oxygen atoms in total. The van der Waals surface area contributed by atoms with Gasteiger partial charge in [0.2, 0.25) is 0 Å². The molecule has 0 unspecified atom stereocenters. The van der Waals surface area contributed by atoms with Crippen LogP contribution in [-0.2, 0) is 5.75 Å². The Kier molecular flexibility index (Phi) is 6.83. The molecular weight excluding hydrogens is 527 g/mol. The molecule has 0 radical (unpaired) electrons. The Morgan fingerprint density at radius 1 is 1.00 bits per heavy atom. The Morgan fingerprint density at radius 2 is 1.83 bits per heavy atom. The fraction of sp³-hybridized carbons (Fsp3) is 0.0370. The molecular formula is C27H18BrFN4OS. The first kappa shape index (κ1) is 23.1. The van der Waals surface area contributed by atoms with Gasteiger partial charge in [-0.25, -0.2) is 9.37 Å². The van der Waals surface area contributed by atoms with Gasteiger partial charge in [-0.3, -0.25) is 9.78 Å². The standard InChI is InChI=1S/C27H18BrFN4OS/c28-21-7-8-25-24(15-21)27(34)33(31-16-18-3-2-6-22(29)14-18)26(32-25)20-5-1-4-19(13-20)17-35-23-9-11-30-12-10-23/h1-16H,17H2. The van der Waals surface area contributed by atoms with Crippen LogP contribution in [0.4, 0.5) is 4.39 Å². The molecule has 0 aliphatic carbocycles. The highest BCUT2D eigenvalue weighted by molar-refractivity contribution is 9.10. The molecule has 0 spiro atoms. The minimum Gasteiger partial charge on any atom is -0.267 e. The van der Waals surface area contributed by atoms with Crippen molar-refractivity contribution in [1.82, 2.24) is 14.6 Å². The second-order valence-electron chi connectivity index (χ2n) is 7.69. The van der Waals surface area contributed by atoms with Crippen LogP contribution in [0.1, 0.15) is 11.1 Å². The number of rotatable bonds is 6. The van der Waals surface area contributed by atoms with E-state index in [2.05, 4.69) is 26.0 Å². The topological polar surface area (TPSA) is 60.1 Å². The Hall–Kier alpha value is -3.62. The van der Waals surface area contributed by atoms with Gasteiger partial charge in [-0.1, -0.05) is 46.3 Å². The number of halogens is 2. The van der Waals surface area contributed by atoms with Crippen molar-refractivity contribution in [2.45, 2.75) is 10.6 Å². The van der Waals surface area contributed by atoms with Crippen LogP contribution in [0.25, 0.3) is 22.3 Å². The Balaban J connectivity index is 1.59. The largest absolute Gasteiger partial charge is 0.282 e. The second kappa shape index (κ2) is 10.3. The number of thioether (sulfide) groups is 1. The molecule has 5 aromatic rings. The highest BCUT2D eigenvalue weighted by Crippen LogP contribution is 2.26. The van der Waals surface area contributed by atoms with Gasteiger partial charge in [-0.15, -0.1) is 11.8 Å². The predicted molar refractivity (Wildman–Crippen MR) is 142 cm³/mol. The Bertz CT molecular complexity index is 1600. The van der Waals surface area contributed by atoms with Crippen LogP contribution in [0.15, 0.2) is 111 Å². The van der Waals surface area contributed by atoms with E-state index in [1.807, 2.05) is 42.5 Å². The Labute approximate surface area is 213 Å². The lowest BCUT2D eigenvalue weighted by Crippen LogP contribution is -2.20. The molecule has 2 heterocycles. The van der Waals surface area contributed by atoms with E-state index in [9.17, 15) is 9.18 Å². The molecule has 35 heavy (non-hydrogen) atoms. The van der Waals surface area contributed by atoms with Crippen molar-refractivity contribution in [2.24, 2.45) is 5.10 Å². The van der Waals surface area contributed by atoms with Crippen LogP contribution in [0.5, 0.6) is 0 Å². The summed E-state index contributed by atoms with van der Waals surface area (Å²) in [5.74, 6) is 0.782. The fourth-order valence-electron chi connectivity index (χ4n) is 3.56. The van der Waals surface area contributed by atoms with Crippen LogP contribution < -0.4 is 5.56 Å². The lowest BCUT2D eigenvalue weighted by atomic mass is 10.1. The third-order valence-electron chi connectivity index (χ3n) is 5.22. The highest BCUT2D eigenvalue weighted by Gasteiger charge is 2.14. The maximum atomic E-state index is 13.7. The SMILES string of the molecule is O=c1c2cc(Br)ccc2nc(-c2cccc(CSc3ccncc3)c2)n1N=Cc1cccc(F)c1. The first-order valence-electron chi connectivity index (χ1n) is 10.7. The number of nitrogens with zero attached hydrogens (tertiary/aromatic N) is 4. The first-order valence-corrected chi connectivity index (χ1v) is 12.5. The van der Waals surface area contributed by atoms with Crippen molar-refractivity contribution in [3.8, 4) is 11.4 Å². The van der Waals surface area contributed by atoms with Crippen molar-refractivity contribution in [3.05, 3.63) is 123 Å². The molecule has 0 N–H and O–H groups in total. The monoisotopic (exact) mass is 544 g/mol. The summed E-state index contributed by atoms with van der Waals surface area (Å²) in [7, 11) is 0. The van der Waals surface area contributed by atoms with Crippen molar-refractivity contribution in [1.29, 1.82) is 0 Å². The van der Waals surface area contributed by atoms with E-state index in [4.69, 9.17) is 4.98 Å². The van der Waals surface area contributed by atoms with Crippen LogP contribution in [-0.4, -0.2) is 20.9 Å². The minimum absolute atomic E-state index is 0.310. The lowest BCUT2D eigenvalue weighted by molar-refractivity contribution is 0.627. The molecule has 0 atom stereocenters. The van der Waals surface area contributed by atoms with Crippen LogP contribution in [0, 0.1) is 5.82 Å². The number of pyridine rings is 1. The van der Waals surface area contributed by atoms with E-state index >= 15 is 0 Å². The van der Waals surface area contributed by atoms with Gasteiger partial charge in [0, 0.05) is 33.1 Å². The maximum absolute atomic E-state index is 13.7. The van der Waals surface area contributed by atoms with Gasteiger partial charge in [0.1, 0.15) is 5.82 Å². The molecule has 0 saturated heterocycles. The van der Waals surface area contributed by atoms with Gasteiger partial charge in [0.15, 0.2) is 5.82 Å². The summed E-state index contributed by atoms with van der Waals surface area (Å²) in [5, 5.41) is 4.85. The third-order valence-corrected chi connectivity index (χ3v) is 6.80. The zero-order valence-corrected chi connectivity index (χ0v) is 20.7. The fourth-order valence-corrected chi connectivity index (χ4v) is 4.74. The molecule has 0 fully saturated rings.